The van der Waals surface area contributed by atoms with Gasteiger partial charge in [-0.1, -0.05) is 18.2 Å². The molecular weight excluding hydrogens is 214 g/mol. The third-order valence-corrected chi connectivity index (χ3v) is 2.75. The zero-order chi connectivity index (χ0) is 12.1. The molecule has 0 aliphatic rings. The molecule has 90 valence electrons. The first-order chi connectivity index (χ1) is 8.35. The molecule has 0 atom stereocenters. The molecule has 0 bridgehead atoms. The lowest BCUT2D eigenvalue weighted by molar-refractivity contribution is 0.282. The highest BCUT2D eigenvalue weighted by atomic mass is 16.3. The van der Waals surface area contributed by atoms with Crippen molar-refractivity contribution in [2.24, 2.45) is 0 Å². The van der Waals surface area contributed by atoms with Gasteiger partial charge in [0.1, 0.15) is 0 Å². The molecule has 4 nitrogen and oxygen atoms in total. The number of hydrogen-bond donors (Lipinski definition) is 2. The number of nitrogens with zero attached hydrogens (tertiary/aromatic N) is 2. The number of aliphatic hydroxyl groups is 1. The molecule has 0 spiro atoms. The summed E-state index contributed by atoms with van der Waals surface area (Å²) in [7, 11) is 0. The maximum atomic E-state index is 9.22. The van der Waals surface area contributed by atoms with E-state index in [2.05, 4.69) is 17.3 Å². The van der Waals surface area contributed by atoms with Crippen molar-refractivity contribution in [2.45, 2.75) is 26.6 Å². The second-order valence-corrected chi connectivity index (χ2v) is 3.81. The number of aryl methyl sites for hydroxylation is 1. The Balaban J connectivity index is 2.07. The minimum Gasteiger partial charge on any atom is -0.392 e. The molecule has 0 amide bonds. The van der Waals surface area contributed by atoms with E-state index in [-0.39, 0.29) is 6.61 Å². The first kappa shape index (κ1) is 11.7. The van der Waals surface area contributed by atoms with E-state index in [4.69, 9.17) is 0 Å². The number of nitrogens with one attached hydrogen (secondary N) is 1. The van der Waals surface area contributed by atoms with Crippen LogP contribution >= 0.6 is 0 Å². The van der Waals surface area contributed by atoms with Crippen molar-refractivity contribution in [1.82, 2.24) is 9.78 Å². The Morgan fingerprint density at radius 3 is 2.88 bits per heavy atom. The highest BCUT2D eigenvalue weighted by Gasteiger charge is 2.03. The molecule has 0 saturated heterocycles. The first-order valence-corrected chi connectivity index (χ1v) is 5.78. The monoisotopic (exact) mass is 231 g/mol. The van der Waals surface area contributed by atoms with E-state index in [0.29, 0.717) is 6.54 Å². The molecule has 4 heteroatoms. The molecule has 2 rings (SSSR count). The fourth-order valence-electron chi connectivity index (χ4n) is 1.81. The quantitative estimate of drug-likeness (QED) is 0.827. The number of rotatable bonds is 5. The zero-order valence-electron chi connectivity index (χ0n) is 9.93. The molecule has 0 radical (unpaired) electrons. The van der Waals surface area contributed by atoms with Crippen molar-refractivity contribution in [3.8, 4) is 0 Å². The van der Waals surface area contributed by atoms with Crippen LogP contribution in [-0.2, 0) is 19.7 Å². The summed E-state index contributed by atoms with van der Waals surface area (Å²) in [6, 6.07) is 9.77. The molecule has 1 aromatic heterocycles. The maximum absolute atomic E-state index is 9.22. The van der Waals surface area contributed by atoms with Gasteiger partial charge in [-0.25, -0.2) is 0 Å². The molecule has 0 saturated carbocycles. The highest BCUT2D eigenvalue weighted by Crippen LogP contribution is 2.15. The number of para-hydroxylation sites is 1. The van der Waals surface area contributed by atoms with Gasteiger partial charge < -0.3 is 10.4 Å². The van der Waals surface area contributed by atoms with Gasteiger partial charge in [-0.2, -0.15) is 5.10 Å². The highest BCUT2D eigenvalue weighted by molar-refractivity contribution is 5.50. The van der Waals surface area contributed by atoms with Gasteiger partial charge in [0.15, 0.2) is 0 Å². The Labute approximate surface area is 101 Å². The number of benzene rings is 1. The summed E-state index contributed by atoms with van der Waals surface area (Å²) in [6.07, 6.45) is 1.80. The van der Waals surface area contributed by atoms with Crippen LogP contribution in [0.5, 0.6) is 0 Å². The average Bonchev–Trinajstić information content (AvgIpc) is 2.84. The zero-order valence-corrected chi connectivity index (χ0v) is 9.93. The lowest BCUT2D eigenvalue weighted by atomic mass is 10.2. The lowest BCUT2D eigenvalue weighted by Crippen LogP contribution is -2.08. The number of aromatic nitrogens is 2. The molecule has 2 N–H and O–H groups in total. The van der Waals surface area contributed by atoms with Gasteiger partial charge >= 0.3 is 0 Å². The summed E-state index contributed by atoms with van der Waals surface area (Å²) >= 11 is 0. The molecule has 0 aliphatic heterocycles. The van der Waals surface area contributed by atoms with Crippen molar-refractivity contribution < 1.29 is 5.11 Å². The summed E-state index contributed by atoms with van der Waals surface area (Å²) in [6.45, 7) is 3.70. The van der Waals surface area contributed by atoms with Gasteiger partial charge in [-0.05, 0) is 19.1 Å². The van der Waals surface area contributed by atoms with Gasteiger partial charge in [0.25, 0.3) is 0 Å². The van der Waals surface area contributed by atoms with Gasteiger partial charge in [0.05, 0.1) is 18.8 Å². The summed E-state index contributed by atoms with van der Waals surface area (Å²) < 4.78 is 1.95. The number of aliphatic hydroxyl groups excluding tert-OH is 1. The minimum atomic E-state index is 0.0518. The van der Waals surface area contributed by atoms with Crippen LogP contribution in [0.15, 0.2) is 36.5 Å². The summed E-state index contributed by atoms with van der Waals surface area (Å²) in [5.41, 5.74) is 3.02. The first-order valence-electron chi connectivity index (χ1n) is 5.78. The smallest absolute Gasteiger partial charge is 0.0701 e. The fraction of sp³-hybridized carbons (Fsp3) is 0.308. The van der Waals surface area contributed by atoms with E-state index in [1.165, 1.54) is 0 Å². The van der Waals surface area contributed by atoms with Crippen LogP contribution in [0.3, 0.4) is 0 Å². The molecule has 17 heavy (non-hydrogen) atoms. The normalized spacial score (nSPS) is 10.5. The molecule has 0 aliphatic carbocycles. The van der Waals surface area contributed by atoms with Crippen LogP contribution in [0, 0.1) is 0 Å². The Morgan fingerprint density at radius 2 is 2.12 bits per heavy atom. The summed E-state index contributed by atoms with van der Waals surface area (Å²) in [5.74, 6) is 0. The lowest BCUT2D eigenvalue weighted by Gasteiger charge is -2.11. The molecule has 2 aromatic rings. The second-order valence-electron chi connectivity index (χ2n) is 3.81. The SMILES string of the molecule is CCn1nccc1CNc1ccccc1CO. The predicted molar refractivity (Wildman–Crippen MR) is 67.6 cm³/mol. The minimum absolute atomic E-state index is 0.0518. The van der Waals surface area contributed by atoms with Crippen molar-refractivity contribution in [2.75, 3.05) is 5.32 Å². The topological polar surface area (TPSA) is 50.1 Å². The van der Waals surface area contributed by atoms with Crippen LogP contribution in [0.2, 0.25) is 0 Å². The standard InChI is InChI=1S/C13H17N3O/c1-2-16-12(7-8-15-16)9-14-13-6-4-3-5-11(13)10-17/h3-8,14,17H,2,9-10H2,1H3. The van der Waals surface area contributed by atoms with E-state index in [1.54, 1.807) is 6.20 Å². The van der Waals surface area contributed by atoms with Crippen LogP contribution in [0.1, 0.15) is 18.2 Å². The number of anilines is 1. The van der Waals surface area contributed by atoms with E-state index in [0.717, 1.165) is 23.5 Å². The van der Waals surface area contributed by atoms with E-state index in [9.17, 15) is 5.11 Å². The molecular formula is C13H17N3O. The average molecular weight is 231 g/mol. The largest absolute Gasteiger partial charge is 0.392 e. The van der Waals surface area contributed by atoms with Crippen LogP contribution < -0.4 is 5.32 Å². The Bertz CT molecular complexity index is 479. The Morgan fingerprint density at radius 1 is 1.29 bits per heavy atom. The molecule has 0 unspecified atom stereocenters. The third-order valence-electron chi connectivity index (χ3n) is 2.75. The van der Waals surface area contributed by atoms with Crippen LogP contribution in [0.25, 0.3) is 0 Å². The second kappa shape index (κ2) is 5.50. The maximum Gasteiger partial charge on any atom is 0.0701 e. The van der Waals surface area contributed by atoms with E-state index < -0.39 is 0 Å². The molecule has 0 fully saturated rings. The van der Waals surface area contributed by atoms with Gasteiger partial charge in [-0.3, -0.25) is 4.68 Å². The predicted octanol–water partition coefficient (Wildman–Crippen LogP) is 2.01. The summed E-state index contributed by atoms with van der Waals surface area (Å²) in [5, 5.41) is 16.8. The molecule has 1 heterocycles. The van der Waals surface area contributed by atoms with Crippen molar-refractivity contribution in [3.05, 3.63) is 47.8 Å². The third kappa shape index (κ3) is 2.65. The van der Waals surface area contributed by atoms with Crippen molar-refractivity contribution >= 4 is 5.69 Å². The van der Waals surface area contributed by atoms with Crippen LogP contribution in [0.4, 0.5) is 5.69 Å². The van der Waals surface area contributed by atoms with Gasteiger partial charge in [-0.15, -0.1) is 0 Å². The Kier molecular flexibility index (Phi) is 3.77. The van der Waals surface area contributed by atoms with Gasteiger partial charge in [0, 0.05) is 24.0 Å². The van der Waals surface area contributed by atoms with Crippen LogP contribution in [-0.4, -0.2) is 14.9 Å². The fourth-order valence-corrected chi connectivity index (χ4v) is 1.81. The Hall–Kier alpha value is -1.81. The van der Waals surface area contributed by atoms with E-state index >= 15 is 0 Å². The van der Waals surface area contributed by atoms with Crippen molar-refractivity contribution in [3.63, 3.8) is 0 Å². The molecule has 1 aromatic carbocycles. The summed E-state index contributed by atoms with van der Waals surface area (Å²) in [4.78, 5) is 0. The van der Waals surface area contributed by atoms with E-state index in [1.807, 2.05) is 35.0 Å². The van der Waals surface area contributed by atoms with Crippen molar-refractivity contribution in [1.29, 1.82) is 0 Å². The number of hydrogen-bond acceptors (Lipinski definition) is 3. The van der Waals surface area contributed by atoms with Gasteiger partial charge in [0.2, 0.25) is 0 Å².